The van der Waals surface area contributed by atoms with Gasteiger partial charge in [-0.25, -0.2) is 5.84 Å². The van der Waals surface area contributed by atoms with Gasteiger partial charge >= 0.3 is 0 Å². The molecule has 5 nitrogen and oxygen atoms in total. The number of nitrogens with two attached hydrogens (primary N) is 1. The Bertz CT molecular complexity index is 470. The van der Waals surface area contributed by atoms with Gasteiger partial charge in [0.05, 0.1) is 17.9 Å². The molecule has 96 valence electrons. The molecular formula is C13H19N5. The average Bonchev–Trinajstić information content (AvgIpc) is 2.39. The van der Waals surface area contributed by atoms with Crippen LogP contribution in [-0.2, 0) is 0 Å². The van der Waals surface area contributed by atoms with Crippen molar-refractivity contribution in [3.05, 3.63) is 23.5 Å². The monoisotopic (exact) mass is 245 g/mol. The molecule has 0 aromatic carbocycles. The number of likely N-dealkylation sites (N-methyl/N-ethyl adjacent to an activating group) is 1. The van der Waals surface area contributed by atoms with E-state index in [1.165, 1.54) is 19.4 Å². The zero-order valence-corrected chi connectivity index (χ0v) is 10.7. The molecule has 0 amide bonds. The van der Waals surface area contributed by atoms with Gasteiger partial charge in [0.2, 0.25) is 0 Å². The van der Waals surface area contributed by atoms with E-state index in [1.807, 2.05) is 12.2 Å². The van der Waals surface area contributed by atoms with Crippen molar-refractivity contribution < 1.29 is 0 Å². The molecule has 2 N–H and O–H groups in total. The molecule has 0 radical (unpaired) electrons. The smallest absolute Gasteiger partial charge is 0.110 e. The molecule has 3 heterocycles. The fraction of sp³-hybridized carbons (Fsp3) is 0.538. The number of hydrazine groups is 1. The van der Waals surface area contributed by atoms with E-state index in [4.69, 9.17) is 5.84 Å². The summed E-state index contributed by atoms with van der Waals surface area (Å²) in [5, 5.41) is 10.4. The molecule has 2 aliphatic heterocycles. The zero-order chi connectivity index (χ0) is 12.5. The van der Waals surface area contributed by atoms with Gasteiger partial charge in [-0.05, 0) is 38.6 Å². The first kappa shape index (κ1) is 11.6. The Labute approximate surface area is 107 Å². The maximum Gasteiger partial charge on any atom is 0.110 e. The summed E-state index contributed by atoms with van der Waals surface area (Å²) >= 11 is 0. The van der Waals surface area contributed by atoms with E-state index in [9.17, 15) is 0 Å². The van der Waals surface area contributed by atoms with E-state index in [1.54, 1.807) is 5.01 Å². The second-order valence-corrected chi connectivity index (χ2v) is 5.20. The highest BCUT2D eigenvalue weighted by Crippen LogP contribution is 2.29. The van der Waals surface area contributed by atoms with Gasteiger partial charge in [-0.1, -0.05) is 6.08 Å². The molecular weight excluding hydrogens is 226 g/mol. The Kier molecular flexibility index (Phi) is 3.01. The van der Waals surface area contributed by atoms with Crippen LogP contribution in [0, 0.1) is 0 Å². The van der Waals surface area contributed by atoms with Crippen molar-refractivity contribution in [3.63, 3.8) is 0 Å². The number of hydrogen-bond donors (Lipinski definition) is 1. The normalized spacial score (nSPS) is 24.1. The topological polar surface area (TPSA) is 58.3 Å². The van der Waals surface area contributed by atoms with Crippen LogP contribution < -0.4 is 10.9 Å². The molecule has 1 aromatic heterocycles. The van der Waals surface area contributed by atoms with E-state index >= 15 is 0 Å². The molecule has 1 aromatic rings. The molecule has 1 fully saturated rings. The first-order chi connectivity index (χ1) is 8.74. The number of likely N-dealkylation sites (tertiary alicyclic amines) is 1. The van der Waals surface area contributed by atoms with E-state index in [0.29, 0.717) is 5.92 Å². The van der Waals surface area contributed by atoms with Gasteiger partial charge in [0.15, 0.2) is 0 Å². The maximum absolute atomic E-state index is 5.98. The minimum atomic E-state index is 0.487. The lowest BCUT2D eigenvalue weighted by molar-refractivity contribution is 0.248. The Balaban J connectivity index is 1.89. The molecule has 2 aliphatic rings. The second kappa shape index (κ2) is 4.66. The van der Waals surface area contributed by atoms with Gasteiger partial charge < -0.3 is 9.91 Å². The maximum atomic E-state index is 5.98. The van der Waals surface area contributed by atoms with Gasteiger partial charge in [-0.2, -0.15) is 5.10 Å². The standard InChI is InChI=1S/C13H19N5/c1-17-6-2-4-10(9-17)12-8-13-11(15-16-12)5-3-7-18(13)14/h3,5,8,10H,2,4,6-7,9,14H2,1H3. The third-order valence-electron chi connectivity index (χ3n) is 3.75. The summed E-state index contributed by atoms with van der Waals surface area (Å²) in [5.74, 6) is 6.46. The largest absolute Gasteiger partial charge is 0.306 e. The summed E-state index contributed by atoms with van der Waals surface area (Å²) in [6.45, 7) is 2.98. The van der Waals surface area contributed by atoms with Crippen LogP contribution in [0.2, 0.25) is 0 Å². The van der Waals surface area contributed by atoms with Crippen LogP contribution in [0.5, 0.6) is 0 Å². The minimum absolute atomic E-state index is 0.487. The SMILES string of the molecule is CN1CCCC(c2cc3c(nn2)C=CCN3N)C1. The van der Waals surface area contributed by atoms with Gasteiger partial charge in [0.25, 0.3) is 0 Å². The molecule has 3 rings (SSSR count). The van der Waals surface area contributed by atoms with E-state index < -0.39 is 0 Å². The van der Waals surface area contributed by atoms with Crippen LogP contribution >= 0.6 is 0 Å². The molecule has 0 bridgehead atoms. The second-order valence-electron chi connectivity index (χ2n) is 5.20. The van der Waals surface area contributed by atoms with Crippen LogP contribution in [0.4, 0.5) is 5.69 Å². The molecule has 0 spiro atoms. The first-order valence-corrected chi connectivity index (χ1v) is 6.49. The Morgan fingerprint density at radius 3 is 3.11 bits per heavy atom. The Morgan fingerprint density at radius 2 is 2.28 bits per heavy atom. The molecule has 5 heteroatoms. The Hall–Kier alpha value is -1.46. The molecule has 1 atom stereocenters. The van der Waals surface area contributed by atoms with Gasteiger partial charge in [-0.3, -0.25) is 0 Å². The van der Waals surface area contributed by atoms with Crippen molar-refractivity contribution >= 4 is 11.8 Å². The van der Waals surface area contributed by atoms with Crippen molar-refractivity contribution in [2.75, 3.05) is 31.7 Å². The zero-order valence-electron chi connectivity index (χ0n) is 10.7. The highest BCUT2D eigenvalue weighted by Gasteiger charge is 2.22. The average molecular weight is 245 g/mol. The van der Waals surface area contributed by atoms with Crippen molar-refractivity contribution in [2.24, 2.45) is 5.84 Å². The molecule has 1 saturated heterocycles. The van der Waals surface area contributed by atoms with Crippen LogP contribution in [0.25, 0.3) is 6.08 Å². The number of rotatable bonds is 1. The fourth-order valence-corrected chi connectivity index (χ4v) is 2.74. The van der Waals surface area contributed by atoms with Gasteiger partial charge in [0.1, 0.15) is 5.69 Å². The number of nitrogens with zero attached hydrogens (tertiary/aromatic N) is 4. The summed E-state index contributed by atoms with van der Waals surface area (Å²) in [7, 11) is 2.16. The molecule has 0 saturated carbocycles. The third-order valence-corrected chi connectivity index (χ3v) is 3.75. The lowest BCUT2D eigenvalue weighted by Crippen LogP contribution is -2.34. The Morgan fingerprint density at radius 1 is 1.39 bits per heavy atom. The highest BCUT2D eigenvalue weighted by atomic mass is 15.4. The van der Waals surface area contributed by atoms with E-state index in [2.05, 4.69) is 28.2 Å². The number of hydrogen-bond acceptors (Lipinski definition) is 5. The van der Waals surface area contributed by atoms with Crippen molar-refractivity contribution in [3.8, 4) is 0 Å². The van der Waals surface area contributed by atoms with Gasteiger partial charge in [0, 0.05) is 12.5 Å². The van der Waals surface area contributed by atoms with Crippen LogP contribution in [0.3, 0.4) is 0 Å². The van der Waals surface area contributed by atoms with Gasteiger partial charge in [-0.15, -0.1) is 5.10 Å². The lowest BCUT2D eigenvalue weighted by atomic mass is 9.94. The summed E-state index contributed by atoms with van der Waals surface area (Å²) in [6.07, 6.45) is 6.41. The lowest BCUT2D eigenvalue weighted by Gasteiger charge is -2.30. The quantitative estimate of drug-likeness (QED) is 0.748. The number of fused-ring (bicyclic) bond motifs is 1. The third kappa shape index (κ3) is 2.11. The summed E-state index contributed by atoms with van der Waals surface area (Å²) < 4.78 is 0. The predicted octanol–water partition coefficient (Wildman–Crippen LogP) is 0.993. The van der Waals surface area contributed by atoms with E-state index in [0.717, 1.165) is 30.2 Å². The fourth-order valence-electron chi connectivity index (χ4n) is 2.74. The molecule has 0 aliphatic carbocycles. The van der Waals surface area contributed by atoms with Crippen molar-refractivity contribution in [1.82, 2.24) is 15.1 Å². The summed E-state index contributed by atoms with van der Waals surface area (Å²) in [5.41, 5.74) is 2.94. The van der Waals surface area contributed by atoms with Crippen molar-refractivity contribution in [1.29, 1.82) is 0 Å². The van der Waals surface area contributed by atoms with Crippen LogP contribution in [0.15, 0.2) is 12.1 Å². The van der Waals surface area contributed by atoms with E-state index in [-0.39, 0.29) is 0 Å². The van der Waals surface area contributed by atoms with Crippen LogP contribution in [-0.4, -0.2) is 41.8 Å². The summed E-state index contributed by atoms with van der Waals surface area (Å²) in [6, 6.07) is 2.11. The minimum Gasteiger partial charge on any atom is -0.306 e. The number of anilines is 1. The highest BCUT2D eigenvalue weighted by molar-refractivity contribution is 5.67. The first-order valence-electron chi connectivity index (χ1n) is 6.49. The van der Waals surface area contributed by atoms with Crippen LogP contribution in [0.1, 0.15) is 30.1 Å². The van der Waals surface area contributed by atoms with Crippen molar-refractivity contribution in [2.45, 2.75) is 18.8 Å². The predicted molar refractivity (Wildman–Crippen MR) is 72.1 cm³/mol. The summed E-state index contributed by atoms with van der Waals surface area (Å²) in [4.78, 5) is 2.36. The number of piperidine rings is 1. The number of aromatic nitrogens is 2. The molecule has 18 heavy (non-hydrogen) atoms. The molecule has 1 unspecified atom stereocenters.